The Kier molecular flexibility index (Phi) is 6.90. The topological polar surface area (TPSA) is 67.3 Å². The second-order valence-corrected chi connectivity index (χ2v) is 9.14. The lowest BCUT2D eigenvalue weighted by atomic mass is 9.98. The molecule has 0 aliphatic carbocycles. The van der Waals surface area contributed by atoms with Crippen molar-refractivity contribution < 1.29 is 14.4 Å². The Morgan fingerprint density at radius 3 is 2.70 bits per heavy atom. The summed E-state index contributed by atoms with van der Waals surface area (Å²) >= 11 is 3.09. The van der Waals surface area contributed by atoms with Crippen molar-refractivity contribution in [2.24, 2.45) is 0 Å². The van der Waals surface area contributed by atoms with Gasteiger partial charge < -0.3 is 4.90 Å². The van der Waals surface area contributed by atoms with Crippen molar-refractivity contribution in [3.05, 3.63) is 38.5 Å². The van der Waals surface area contributed by atoms with Gasteiger partial charge in [-0.25, -0.2) is 4.98 Å². The van der Waals surface area contributed by atoms with Crippen LogP contribution in [0.1, 0.15) is 64.0 Å². The zero-order valence-corrected chi connectivity index (χ0v) is 17.1. The minimum Gasteiger partial charge on any atom is -0.342 e. The second kappa shape index (κ2) is 9.37. The Labute approximate surface area is 167 Å². The maximum Gasteiger partial charge on any atom is 0.223 e. The smallest absolute Gasteiger partial charge is 0.223 e. The maximum absolute atomic E-state index is 12.5. The molecule has 2 aromatic rings. The molecule has 0 bridgehead atoms. The molecule has 1 fully saturated rings. The fraction of sp³-hybridized carbons (Fsp3) is 0.500. The van der Waals surface area contributed by atoms with E-state index in [1.807, 2.05) is 29.3 Å². The molecular weight excluding hydrogens is 380 g/mol. The van der Waals surface area contributed by atoms with Crippen molar-refractivity contribution >= 4 is 40.1 Å². The predicted octanol–water partition coefficient (Wildman–Crippen LogP) is 4.23. The highest BCUT2D eigenvalue weighted by atomic mass is 32.1. The summed E-state index contributed by atoms with van der Waals surface area (Å²) in [5.41, 5.74) is 0. The number of carbonyl (C=O) groups is 3. The molecular formula is C20H24N2O3S2. The van der Waals surface area contributed by atoms with Gasteiger partial charge in [-0.15, -0.1) is 22.7 Å². The van der Waals surface area contributed by atoms with E-state index in [1.54, 1.807) is 17.5 Å². The minimum atomic E-state index is -0.0153. The molecule has 1 unspecified atom stereocenters. The molecule has 7 heteroatoms. The van der Waals surface area contributed by atoms with Crippen LogP contribution in [-0.2, 0) is 9.59 Å². The second-order valence-electron chi connectivity index (χ2n) is 6.92. The van der Waals surface area contributed by atoms with Gasteiger partial charge in [-0.1, -0.05) is 0 Å². The van der Waals surface area contributed by atoms with E-state index in [0.29, 0.717) is 17.3 Å². The Morgan fingerprint density at radius 1 is 1.19 bits per heavy atom. The first-order valence-corrected chi connectivity index (χ1v) is 11.0. The number of carbonyl (C=O) groups excluding carboxylic acids is 3. The number of hydrogen-bond donors (Lipinski definition) is 0. The molecule has 0 saturated carbocycles. The number of nitrogens with zero attached hydrogens (tertiary/aromatic N) is 2. The third-order valence-corrected chi connectivity index (χ3v) is 6.82. The first-order valence-electron chi connectivity index (χ1n) is 9.31. The number of aromatic nitrogens is 1. The first kappa shape index (κ1) is 19.9. The van der Waals surface area contributed by atoms with Crippen LogP contribution < -0.4 is 0 Å². The van der Waals surface area contributed by atoms with Gasteiger partial charge in [-0.3, -0.25) is 14.4 Å². The first-order chi connectivity index (χ1) is 13.0. The molecule has 1 saturated heterocycles. The quantitative estimate of drug-likeness (QED) is 0.618. The number of amides is 1. The van der Waals surface area contributed by atoms with E-state index in [1.165, 1.54) is 11.3 Å². The predicted molar refractivity (Wildman–Crippen MR) is 108 cm³/mol. The number of hydrogen-bond acceptors (Lipinski definition) is 6. The summed E-state index contributed by atoms with van der Waals surface area (Å²) in [6.45, 7) is 3.40. The van der Waals surface area contributed by atoms with Crippen LogP contribution in [0.3, 0.4) is 0 Å². The third kappa shape index (κ3) is 5.56. The van der Waals surface area contributed by atoms with E-state index in [2.05, 4.69) is 4.98 Å². The number of ketones is 2. The Hall–Kier alpha value is -1.86. The van der Waals surface area contributed by atoms with Gasteiger partial charge in [-0.05, 0) is 31.9 Å². The Balaban J connectivity index is 1.40. The van der Waals surface area contributed by atoms with Crippen LogP contribution in [0.15, 0.2) is 23.7 Å². The van der Waals surface area contributed by atoms with E-state index in [0.717, 1.165) is 29.3 Å². The zero-order valence-electron chi connectivity index (χ0n) is 15.5. The molecule has 1 aliphatic rings. The lowest BCUT2D eigenvalue weighted by Gasteiger charge is -2.31. The Bertz CT molecular complexity index is 798. The summed E-state index contributed by atoms with van der Waals surface area (Å²) in [5, 5.41) is 3.05. The molecule has 5 nitrogen and oxygen atoms in total. The highest BCUT2D eigenvalue weighted by Gasteiger charge is 2.26. The van der Waals surface area contributed by atoms with E-state index < -0.39 is 0 Å². The van der Waals surface area contributed by atoms with Gasteiger partial charge in [0.25, 0.3) is 0 Å². The number of thiophene rings is 1. The van der Waals surface area contributed by atoms with Crippen LogP contribution in [0, 0.1) is 6.92 Å². The van der Waals surface area contributed by atoms with E-state index in [-0.39, 0.29) is 43.2 Å². The largest absolute Gasteiger partial charge is 0.342 e. The molecule has 2 aromatic heterocycles. The number of Topliss-reactive ketones (excluding diaryl/α,β-unsaturated/α-hetero) is 2. The number of aryl methyl sites for hydroxylation is 1. The molecule has 3 rings (SSSR count). The van der Waals surface area contributed by atoms with Crippen LogP contribution >= 0.6 is 22.7 Å². The van der Waals surface area contributed by atoms with Crippen molar-refractivity contribution in [2.45, 2.75) is 51.4 Å². The van der Waals surface area contributed by atoms with E-state index in [4.69, 9.17) is 0 Å². The van der Waals surface area contributed by atoms with Gasteiger partial charge in [0, 0.05) is 61.1 Å². The fourth-order valence-corrected chi connectivity index (χ4v) is 4.93. The fourth-order valence-electron chi connectivity index (χ4n) is 3.33. The summed E-state index contributed by atoms with van der Waals surface area (Å²) in [4.78, 5) is 44.7. The molecule has 0 N–H and O–H groups in total. The van der Waals surface area contributed by atoms with Crippen molar-refractivity contribution in [2.75, 3.05) is 13.1 Å². The van der Waals surface area contributed by atoms with Gasteiger partial charge >= 0.3 is 0 Å². The number of likely N-dealkylation sites (tertiary alicyclic amines) is 1. The molecule has 1 atom stereocenters. The van der Waals surface area contributed by atoms with Gasteiger partial charge in [0.2, 0.25) is 5.91 Å². The normalized spacial score (nSPS) is 17.1. The van der Waals surface area contributed by atoms with Crippen molar-refractivity contribution in [1.29, 1.82) is 0 Å². The summed E-state index contributed by atoms with van der Waals surface area (Å²) in [5.74, 6) is 0.337. The molecule has 1 aliphatic heterocycles. The molecule has 1 amide bonds. The number of piperidine rings is 1. The van der Waals surface area contributed by atoms with Crippen molar-refractivity contribution in [1.82, 2.24) is 9.88 Å². The van der Waals surface area contributed by atoms with Crippen LogP contribution in [0.2, 0.25) is 0 Å². The molecule has 0 aromatic carbocycles. The van der Waals surface area contributed by atoms with Crippen LogP contribution in [0.5, 0.6) is 0 Å². The minimum absolute atomic E-state index is 0.00935. The van der Waals surface area contributed by atoms with Crippen molar-refractivity contribution in [3.8, 4) is 0 Å². The molecule has 0 spiro atoms. The van der Waals surface area contributed by atoms with Crippen molar-refractivity contribution in [3.63, 3.8) is 0 Å². The van der Waals surface area contributed by atoms with E-state index in [9.17, 15) is 14.4 Å². The van der Waals surface area contributed by atoms with Gasteiger partial charge in [-0.2, -0.15) is 0 Å². The van der Waals surface area contributed by atoms with Gasteiger partial charge in [0.1, 0.15) is 5.78 Å². The van der Waals surface area contributed by atoms with Crippen LogP contribution in [-0.4, -0.2) is 40.4 Å². The molecule has 3 heterocycles. The zero-order chi connectivity index (χ0) is 19.2. The molecule has 144 valence electrons. The van der Waals surface area contributed by atoms with Gasteiger partial charge in [0.15, 0.2) is 5.78 Å². The summed E-state index contributed by atoms with van der Waals surface area (Å²) in [6.07, 6.45) is 4.72. The highest BCUT2D eigenvalue weighted by molar-refractivity contribution is 7.14. The molecule has 27 heavy (non-hydrogen) atoms. The van der Waals surface area contributed by atoms with Crippen LogP contribution in [0.25, 0.3) is 0 Å². The third-order valence-electron chi connectivity index (χ3n) is 4.84. The maximum atomic E-state index is 12.5. The standard InChI is InChI=1S/C20H24N2O3S2/c1-14-4-8-18(27-14)17(24)7-5-16(23)6-9-19(25)22-11-2-3-15(13-22)20-21-10-12-26-20/h4,8,10,12,15H,2-3,5-7,9,11,13H2,1H3. The Morgan fingerprint density at radius 2 is 2.00 bits per heavy atom. The number of rotatable bonds is 8. The highest BCUT2D eigenvalue weighted by Crippen LogP contribution is 2.28. The lowest BCUT2D eigenvalue weighted by molar-refractivity contribution is -0.134. The average molecular weight is 405 g/mol. The summed E-state index contributed by atoms with van der Waals surface area (Å²) < 4.78 is 0. The van der Waals surface area contributed by atoms with Crippen LogP contribution in [0.4, 0.5) is 0 Å². The van der Waals surface area contributed by atoms with Gasteiger partial charge in [0.05, 0.1) is 9.88 Å². The summed E-state index contributed by atoms with van der Waals surface area (Å²) in [6, 6.07) is 3.72. The SMILES string of the molecule is Cc1ccc(C(=O)CCC(=O)CCC(=O)N2CCCC(c3nccs3)C2)s1. The summed E-state index contributed by atoms with van der Waals surface area (Å²) in [7, 11) is 0. The molecule has 0 radical (unpaired) electrons. The average Bonchev–Trinajstić information content (AvgIpc) is 3.36. The number of thiazole rings is 1. The van der Waals surface area contributed by atoms with E-state index >= 15 is 0 Å². The lowest BCUT2D eigenvalue weighted by Crippen LogP contribution is -2.39. The monoisotopic (exact) mass is 404 g/mol.